The zero-order valence-electron chi connectivity index (χ0n) is 17.8. The summed E-state index contributed by atoms with van der Waals surface area (Å²) >= 11 is 1.22. The van der Waals surface area contributed by atoms with Crippen molar-refractivity contribution >= 4 is 27.0 Å². The Morgan fingerprint density at radius 1 is 0.968 bits per heavy atom. The summed E-state index contributed by atoms with van der Waals surface area (Å²) in [7, 11) is 1.53. The van der Waals surface area contributed by atoms with Gasteiger partial charge >= 0.3 is 0 Å². The van der Waals surface area contributed by atoms with Crippen molar-refractivity contribution in [2.75, 3.05) is 39.1 Å². The molecule has 31 heavy (non-hydrogen) atoms. The number of anilines is 1. The molecule has 8 heteroatoms. The third kappa shape index (κ3) is 4.71. The molecular formula is C23H26N2O4S2. The molecule has 0 saturated heterocycles. The second-order valence-corrected chi connectivity index (χ2v) is 10.6. The van der Waals surface area contributed by atoms with Gasteiger partial charge in [0.05, 0.1) is 19.9 Å². The molecule has 2 heterocycles. The number of hydrogen-bond donors (Lipinski definition) is 1. The van der Waals surface area contributed by atoms with E-state index < -0.39 is 10.0 Å². The molecular weight excluding hydrogens is 432 g/mol. The standard InChI is InChI=1S/C23H26N2O4S2/c1-25-11-9-16-14-20(21(29-3)15-17(16)10-12-25)24-31(26,27)23-8-7-22(30-23)18-5-4-6-19(13-18)28-2/h4-8,13-15,24H,9-12H2,1-3H3. The number of ether oxygens (including phenoxy) is 2. The molecule has 1 N–H and O–H groups in total. The van der Waals surface area contributed by atoms with Gasteiger partial charge in [0.1, 0.15) is 15.7 Å². The van der Waals surface area contributed by atoms with Gasteiger partial charge in [-0.15, -0.1) is 11.3 Å². The van der Waals surface area contributed by atoms with E-state index in [2.05, 4.69) is 16.7 Å². The van der Waals surface area contributed by atoms with Crippen LogP contribution in [0.5, 0.6) is 11.5 Å². The Kier molecular flexibility index (Phi) is 6.22. The maximum absolute atomic E-state index is 13.1. The molecule has 0 atom stereocenters. The summed E-state index contributed by atoms with van der Waals surface area (Å²) in [6, 6.07) is 14.9. The maximum atomic E-state index is 13.1. The molecule has 0 aliphatic carbocycles. The number of thiophene rings is 1. The van der Waals surface area contributed by atoms with Gasteiger partial charge in [-0.25, -0.2) is 8.42 Å². The summed E-state index contributed by atoms with van der Waals surface area (Å²) in [5.41, 5.74) is 3.76. The monoisotopic (exact) mass is 458 g/mol. The van der Waals surface area contributed by atoms with Crippen molar-refractivity contribution in [1.82, 2.24) is 4.90 Å². The summed E-state index contributed by atoms with van der Waals surface area (Å²) in [5, 5.41) is 0. The van der Waals surface area contributed by atoms with E-state index in [-0.39, 0.29) is 4.21 Å². The number of likely N-dealkylation sites (N-methyl/N-ethyl adjacent to an activating group) is 1. The lowest BCUT2D eigenvalue weighted by atomic mass is 10.0. The summed E-state index contributed by atoms with van der Waals surface area (Å²) in [5.74, 6) is 1.27. The number of nitrogens with one attached hydrogen (secondary N) is 1. The maximum Gasteiger partial charge on any atom is 0.271 e. The minimum atomic E-state index is -3.75. The molecule has 1 aromatic heterocycles. The first-order valence-corrected chi connectivity index (χ1v) is 12.3. The van der Waals surface area contributed by atoms with Crippen molar-refractivity contribution in [2.24, 2.45) is 0 Å². The van der Waals surface area contributed by atoms with Crippen molar-refractivity contribution in [2.45, 2.75) is 17.1 Å². The number of sulfonamides is 1. The van der Waals surface area contributed by atoms with Crippen molar-refractivity contribution in [1.29, 1.82) is 0 Å². The van der Waals surface area contributed by atoms with Gasteiger partial charge in [-0.2, -0.15) is 0 Å². The largest absolute Gasteiger partial charge is 0.497 e. The van der Waals surface area contributed by atoms with E-state index in [1.807, 2.05) is 42.5 Å². The molecule has 4 rings (SSSR count). The van der Waals surface area contributed by atoms with Gasteiger partial charge in [-0.05, 0) is 73.0 Å². The Bertz CT molecular complexity index is 1190. The van der Waals surface area contributed by atoms with Crippen molar-refractivity contribution in [3.8, 4) is 21.9 Å². The molecule has 0 saturated carbocycles. The fourth-order valence-corrected chi connectivity index (χ4v) is 6.07. The van der Waals surface area contributed by atoms with E-state index in [0.717, 1.165) is 47.7 Å². The van der Waals surface area contributed by atoms with Gasteiger partial charge in [0.15, 0.2) is 0 Å². The van der Waals surface area contributed by atoms with Crippen LogP contribution in [-0.4, -0.2) is 47.7 Å². The minimum absolute atomic E-state index is 0.252. The van der Waals surface area contributed by atoms with E-state index in [0.29, 0.717) is 11.4 Å². The van der Waals surface area contributed by atoms with Crippen LogP contribution < -0.4 is 14.2 Å². The zero-order valence-corrected chi connectivity index (χ0v) is 19.5. The van der Waals surface area contributed by atoms with Crippen molar-refractivity contribution in [3.05, 3.63) is 59.7 Å². The van der Waals surface area contributed by atoms with Crippen LogP contribution in [0.4, 0.5) is 5.69 Å². The van der Waals surface area contributed by atoms with Crippen LogP contribution in [0.2, 0.25) is 0 Å². The van der Waals surface area contributed by atoms with Crippen LogP contribution in [0, 0.1) is 0 Å². The van der Waals surface area contributed by atoms with Gasteiger partial charge in [0.2, 0.25) is 0 Å². The van der Waals surface area contributed by atoms with Crippen LogP contribution in [0.25, 0.3) is 10.4 Å². The fraction of sp³-hybridized carbons (Fsp3) is 0.304. The Morgan fingerprint density at radius 2 is 1.71 bits per heavy atom. The minimum Gasteiger partial charge on any atom is -0.497 e. The van der Waals surface area contributed by atoms with Crippen molar-refractivity contribution < 1.29 is 17.9 Å². The lowest BCUT2D eigenvalue weighted by Crippen LogP contribution is -2.20. The van der Waals surface area contributed by atoms with E-state index >= 15 is 0 Å². The summed E-state index contributed by atoms with van der Waals surface area (Å²) in [6.07, 6.45) is 1.80. The van der Waals surface area contributed by atoms with Gasteiger partial charge < -0.3 is 14.4 Å². The summed E-state index contributed by atoms with van der Waals surface area (Å²) < 4.78 is 40.1. The van der Waals surface area contributed by atoms with E-state index in [1.165, 1.54) is 16.9 Å². The molecule has 0 unspecified atom stereocenters. The lowest BCUT2D eigenvalue weighted by molar-refractivity contribution is 0.352. The summed E-state index contributed by atoms with van der Waals surface area (Å²) in [6.45, 7) is 1.92. The molecule has 2 aromatic carbocycles. The van der Waals surface area contributed by atoms with Crippen LogP contribution in [-0.2, 0) is 22.9 Å². The number of benzene rings is 2. The second-order valence-electron chi connectivity index (χ2n) is 7.58. The highest BCUT2D eigenvalue weighted by atomic mass is 32.2. The second kappa shape index (κ2) is 8.90. The Hall–Kier alpha value is -2.55. The third-order valence-electron chi connectivity index (χ3n) is 5.49. The molecule has 0 spiro atoms. The topological polar surface area (TPSA) is 67.9 Å². The number of nitrogens with zero attached hydrogens (tertiary/aromatic N) is 1. The highest BCUT2D eigenvalue weighted by Gasteiger charge is 2.22. The van der Waals surface area contributed by atoms with E-state index in [9.17, 15) is 8.42 Å². The van der Waals surface area contributed by atoms with Crippen LogP contribution in [0.3, 0.4) is 0 Å². The molecule has 0 fully saturated rings. The molecule has 1 aliphatic rings. The molecule has 3 aromatic rings. The Balaban J connectivity index is 1.63. The zero-order chi connectivity index (χ0) is 22.0. The fourth-order valence-electron chi connectivity index (χ4n) is 3.71. The number of fused-ring (bicyclic) bond motifs is 1. The number of rotatable bonds is 6. The predicted octanol–water partition coefficient (Wildman–Crippen LogP) is 4.26. The van der Waals surface area contributed by atoms with Gasteiger partial charge in [-0.3, -0.25) is 4.72 Å². The smallest absolute Gasteiger partial charge is 0.271 e. The Labute approximate surface area is 187 Å². The average Bonchev–Trinajstić information content (AvgIpc) is 3.21. The summed E-state index contributed by atoms with van der Waals surface area (Å²) in [4.78, 5) is 3.14. The highest BCUT2D eigenvalue weighted by Crippen LogP contribution is 2.36. The first-order chi connectivity index (χ1) is 14.9. The van der Waals surface area contributed by atoms with Crippen LogP contribution in [0.15, 0.2) is 52.7 Å². The predicted molar refractivity (Wildman–Crippen MR) is 125 cm³/mol. The van der Waals surface area contributed by atoms with Crippen molar-refractivity contribution in [3.63, 3.8) is 0 Å². The third-order valence-corrected chi connectivity index (χ3v) is 8.48. The molecule has 0 bridgehead atoms. The number of hydrogen-bond acceptors (Lipinski definition) is 6. The van der Waals surface area contributed by atoms with Gasteiger partial charge in [0, 0.05) is 18.0 Å². The molecule has 6 nitrogen and oxygen atoms in total. The number of methoxy groups -OCH3 is 2. The van der Waals surface area contributed by atoms with Gasteiger partial charge in [0.25, 0.3) is 10.0 Å². The van der Waals surface area contributed by atoms with Crippen LogP contribution >= 0.6 is 11.3 Å². The lowest BCUT2D eigenvalue weighted by Gasteiger charge is -2.15. The molecule has 1 aliphatic heterocycles. The molecule has 0 radical (unpaired) electrons. The van der Waals surface area contributed by atoms with Gasteiger partial charge in [-0.1, -0.05) is 12.1 Å². The SMILES string of the molecule is COc1cccc(-c2ccc(S(=O)(=O)Nc3cc4c(cc3OC)CCN(C)CC4)s2)c1. The highest BCUT2D eigenvalue weighted by molar-refractivity contribution is 7.94. The van der Waals surface area contributed by atoms with Crippen LogP contribution in [0.1, 0.15) is 11.1 Å². The first kappa shape index (κ1) is 21.7. The van der Waals surface area contributed by atoms with E-state index in [1.54, 1.807) is 20.3 Å². The Morgan fingerprint density at radius 3 is 2.42 bits per heavy atom. The first-order valence-electron chi connectivity index (χ1n) is 10.0. The molecule has 0 amide bonds. The quantitative estimate of drug-likeness (QED) is 0.598. The molecule has 164 valence electrons. The normalized spacial score (nSPS) is 14.5. The van der Waals surface area contributed by atoms with E-state index in [4.69, 9.17) is 9.47 Å². The average molecular weight is 459 g/mol.